The van der Waals surface area contributed by atoms with Crippen LogP contribution < -0.4 is 0 Å². The van der Waals surface area contributed by atoms with E-state index in [2.05, 4.69) is 0 Å². The Hall–Kier alpha value is -0.630. The van der Waals surface area contributed by atoms with Crippen molar-refractivity contribution in [3.05, 3.63) is 35.4 Å². The molecule has 0 nitrogen and oxygen atoms in total. The number of hydrogen-bond acceptors (Lipinski definition) is 0. The van der Waals surface area contributed by atoms with Gasteiger partial charge in [0.05, 0.1) is 0 Å². The summed E-state index contributed by atoms with van der Waals surface area (Å²) in [7, 11) is 0. The van der Waals surface area contributed by atoms with Gasteiger partial charge in [-0.25, -0.2) is 8.78 Å². The molecule has 3 heteroatoms. The van der Waals surface area contributed by atoms with Crippen LogP contribution in [0.15, 0.2) is 18.2 Å². The van der Waals surface area contributed by atoms with E-state index in [1.54, 1.807) is 6.07 Å². The molecular weight excluding hydrogens is 242 g/mol. The summed E-state index contributed by atoms with van der Waals surface area (Å²) in [6.45, 7) is 0. The van der Waals surface area contributed by atoms with Gasteiger partial charge in [-0.15, -0.1) is 11.6 Å². The molecule has 1 aromatic carbocycles. The molecule has 0 atom stereocenters. The summed E-state index contributed by atoms with van der Waals surface area (Å²) in [4.78, 5) is 0. The summed E-state index contributed by atoms with van der Waals surface area (Å²) in [5, 5.41) is 0. The highest BCUT2D eigenvalue weighted by Crippen LogP contribution is 2.40. The van der Waals surface area contributed by atoms with Crippen molar-refractivity contribution in [1.82, 2.24) is 0 Å². The lowest BCUT2D eigenvalue weighted by atomic mass is 9.72. The molecule has 0 heterocycles. The Morgan fingerprint density at radius 2 is 1.82 bits per heavy atom. The second-order valence-electron chi connectivity index (χ2n) is 5.11. The minimum atomic E-state index is -0.519. The minimum absolute atomic E-state index is 0.0124. The fourth-order valence-corrected chi connectivity index (χ4v) is 3.09. The highest BCUT2D eigenvalue weighted by atomic mass is 35.5. The SMILES string of the molecule is Fc1ccc(CC2(CCl)CCCCC2)c(F)c1. The molecule has 2 rings (SSSR count). The fourth-order valence-electron chi connectivity index (χ4n) is 2.73. The van der Waals surface area contributed by atoms with Gasteiger partial charge in [-0.3, -0.25) is 0 Å². The fraction of sp³-hybridized carbons (Fsp3) is 0.571. The number of rotatable bonds is 3. The van der Waals surface area contributed by atoms with E-state index in [4.69, 9.17) is 11.6 Å². The molecule has 1 aliphatic rings. The Morgan fingerprint density at radius 1 is 1.12 bits per heavy atom. The van der Waals surface area contributed by atoms with Crippen molar-refractivity contribution in [3.63, 3.8) is 0 Å². The van der Waals surface area contributed by atoms with Crippen molar-refractivity contribution in [2.45, 2.75) is 38.5 Å². The largest absolute Gasteiger partial charge is 0.207 e. The molecular formula is C14H17ClF2. The second-order valence-corrected chi connectivity index (χ2v) is 5.37. The van der Waals surface area contributed by atoms with Gasteiger partial charge in [0.1, 0.15) is 11.6 Å². The molecule has 1 fully saturated rings. The Kier molecular flexibility index (Phi) is 4.03. The van der Waals surface area contributed by atoms with Crippen molar-refractivity contribution in [2.24, 2.45) is 5.41 Å². The van der Waals surface area contributed by atoms with Crippen molar-refractivity contribution in [2.75, 3.05) is 5.88 Å². The third-order valence-corrected chi connectivity index (χ3v) is 4.35. The number of halogens is 3. The van der Waals surface area contributed by atoms with Crippen molar-refractivity contribution >= 4 is 11.6 Å². The molecule has 0 amide bonds. The van der Waals surface area contributed by atoms with Crippen LogP contribution >= 0.6 is 11.6 Å². The minimum Gasteiger partial charge on any atom is -0.207 e. The average Bonchev–Trinajstić information content (AvgIpc) is 2.34. The van der Waals surface area contributed by atoms with E-state index in [0.717, 1.165) is 31.7 Å². The highest BCUT2D eigenvalue weighted by molar-refractivity contribution is 6.18. The average molecular weight is 259 g/mol. The molecule has 0 unspecified atom stereocenters. The molecule has 0 aliphatic heterocycles. The summed E-state index contributed by atoms with van der Waals surface area (Å²) >= 11 is 6.07. The normalized spacial score (nSPS) is 19.2. The Morgan fingerprint density at radius 3 is 2.41 bits per heavy atom. The maximum absolute atomic E-state index is 13.6. The lowest BCUT2D eigenvalue weighted by molar-refractivity contribution is 0.217. The van der Waals surface area contributed by atoms with Crippen LogP contribution in [0.3, 0.4) is 0 Å². The van der Waals surface area contributed by atoms with E-state index in [1.165, 1.54) is 12.5 Å². The number of hydrogen-bond donors (Lipinski definition) is 0. The molecule has 17 heavy (non-hydrogen) atoms. The summed E-state index contributed by atoms with van der Waals surface area (Å²) < 4.78 is 26.5. The molecule has 0 spiro atoms. The van der Waals surface area contributed by atoms with E-state index in [1.807, 2.05) is 0 Å². The lowest BCUT2D eigenvalue weighted by Crippen LogP contribution is -2.29. The van der Waals surface area contributed by atoms with E-state index >= 15 is 0 Å². The summed E-state index contributed by atoms with van der Waals surface area (Å²) in [6.07, 6.45) is 6.29. The van der Waals surface area contributed by atoms with E-state index in [-0.39, 0.29) is 5.41 Å². The highest BCUT2D eigenvalue weighted by Gasteiger charge is 2.32. The molecule has 0 radical (unpaired) electrons. The first kappa shape index (κ1) is 12.8. The van der Waals surface area contributed by atoms with Crippen molar-refractivity contribution < 1.29 is 8.78 Å². The molecule has 0 aromatic heterocycles. The third kappa shape index (κ3) is 2.98. The number of alkyl halides is 1. The van der Waals surface area contributed by atoms with Gasteiger partial charge < -0.3 is 0 Å². The van der Waals surface area contributed by atoms with Gasteiger partial charge in [-0.2, -0.15) is 0 Å². The van der Waals surface area contributed by atoms with Crippen LogP contribution in [0.1, 0.15) is 37.7 Å². The first-order chi connectivity index (χ1) is 8.15. The van der Waals surface area contributed by atoms with Crippen molar-refractivity contribution in [3.8, 4) is 0 Å². The van der Waals surface area contributed by atoms with E-state index < -0.39 is 11.6 Å². The summed E-state index contributed by atoms with van der Waals surface area (Å²) in [6, 6.07) is 3.83. The summed E-state index contributed by atoms with van der Waals surface area (Å²) in [5.41, 5.74) is 0.604. The topological polar surface area (TPSA) is 0 Å². The van der Waals surface area contributed by atoms with Crippen LogP contribution in [0.4, 0.5) is 8.78 Å². The Bertz CT molecular complexity index is 384. The lowest BCUT2D eigenvalue weighted by Gasteiger charge is -2.35. The standard InChI is InChI=1S/C14H17ClF2/c15-10-14(6-2-1-3-7-14)9-11-4-5-12(16)8-13(11)17/h4-5,8H,1-3,6-7,9-10H2. The van der Waals surface area contributed by atoms with Gasteiger partial charge in [-0.1, -0.05) is 25.3 Å². The van der Waals surface area contributed by atoms with Gasteiger partial charge in [0.15, 0.2) is 0 Å². The van der Waals surface area contributed by atoms with Crippen LogP contribution in [0, 0.1) is 17.0 Å². The van der Waals surface area contributed by atoms with Crippen LogP contribution in [0.25, 0.3) is 0 Å². The van der Waals surface area contributed by atoms with Gasteiger partial charge in [0.25, 0.3) is 0 Å². The van der Waals surface area contributed by atoms with E-state index in [0.29, 0.717) is 17.9 Å². The maximum Gasteiger partial charge on any atom is 0.129 e. The second kappa shape index (κ2) is 5.34. The molecule has 1 aromatic rings. The van der Waals surface area contributed by atoms with E-state index in [9.17, 15) is 8.78 Å². The van der Waals surface area contributed by atoms with Gasteiger partial charge in [-0.05, 0) is 36.3 Å². The van der Waals surface area contributed by atoms with Crippen LogP contribution in [0.5, 0.6) is 0 Å². The van der Waals surface area contributed by atoms with Gasteiger partial charge >= 0.3 is 0 Å². The Balaban J connectivity index is 2.17. The molecule has 0 bridgehead atoms. The predicted molar refractivity (Wildman–Crippen MR) is 66.3 cm³/mol. The molecule has 0 saturated heterocycles. The van der Waals surface area contributed by atoms with Gasteiger partial charge in [0, 0.05) is 11.9 Å². The summed E-state index contributed by atoms with van der Waals surface area (Å²) in [5.74, 6) is -0.404. The first-order valence-electron chi connectivity index (χ1n) is 6.15. The van der Waals surface area contributed by atoms with Gasteiger partial charge in [0.2, 0.25) is 0 Å². The third-order valence-electron chi connectivity index (χ3n) is 3.78. The van der Waals surface area contributed by atoms with Crippen LogP contribution in [0.2, 0.25) is 0 Å². The quantitative estimate of drug-likeness (QED) is 0.690. The zero-order valence-corrected chi connectivity index (χ0v) is 10.6. The van der Waals surface area contributed by atoms with Crippen LogP contribution in [-0.2, 0) is 6.42 Å². The zero-order valence-electron chi connectivity index (χ0n) is 9.82. The molecule has 0 N–H and O–H groups in total. The zero-order chi connectivity index (χ0) is 12.3. The van der Waals surface area contributed by atoms with Crippen LogP contribution in [-0.4, -0.2) is 5.88 Å². The molecule has 1 saturated carbocycles. The predicted octanol–water partition coefficient (Wildman–Crippen LogP) is 4.70. The Labute approximate surface area is 106 Å². The number of benzene rings is 1. The smallest absolute Gasteiger partial charge is 0.129 e. The van der Waals surface area contributed by atoms with Crippen molar-refractivity contribution in [1.29, 1.82) is 0 Å². The molecule has 1 aliphatic carbocycles. The first-order valence-corrected chi connectivity index (χ1v) is 6.69. The maximum atomic E-state index is 13.6. The monoisotopic (exact) mass is 258 g/mol. The molecule has 94 valence electrons.